The zero-order valence-corrected chi connectivity index (χ0v) is 34.8. The number of phenols is 1. The Kier molecular flexibility index (Phi) is 8.82. The Morgan fingerprint density at radius 1 is 0.883 bits per heavy atom. The molecule has 0 spiro atoms. The van der Waals surface area contributed by atoms with E-state index in [1.54, 1.807) is 60.3 Å². The molecule has 6 atom stereocenters. The van der Waals surface area contributed by atoms with Gasteiger partial charge in [-0.3, -0.25) is 28.8 Å². The molecule has 2 aliphatic carbocycles. The number of benzene rings is 4. The molecule has 60 heavy (non-hydrogen) atoms. The number of anilines is 4. The highest BCUT2D eigenvalue weighted by Gasteiger charge is 2.68. The fourth-order valence-corrected chi connectivity index (χ4v) is 11.6. The van der Waals surface area contributed by atoms with Gasteiger partial charge in [-0.1, -0.05) is 41.4 Å². The molecule has 6 unspecified atom stereocenters. The third-order valence-corrected chi connectivity index (χ3v) is 14.8. The maximum Gasteiger partial charge on any atom is 0.242 e. The number of thiophene rings is 1. The molecule has 302 valence electrons. The van der Waals surface area contributed by atoms with Crippen LogP contribution in [-0.2, 0) is 26.2 Å². The maximum absolute atomic E-state index is 15.2. The molecule has 11 nitrogen and oxygen atoms in total. The summed E-state index contributed by atoms with van der Waals surface area (Å²) in [4.78, 5) is 62.6. The van der Waals surface area contributed by atoms with Crippen molar-refractivity contribution >= 4 is 79.5 Å². The number of rotatable bonds is 7. The number of aryl methyl sites for hydroxylation is 2. The summed E-state index contributed by atoms with van der Waals surface area (Å²) < 4.78 is 8.20. The van der Waals surface area contributed by atoms with Gasteiger partial charge in [-0.05, 0) is 116 Å². The van der Waals surface area contributed by atoms with E-state index in [0.29, 0.717) is 33.5 Å². The molecule has 4 amide bonds. The number of hydrogen-bond donors (Lipinski definition) is 2. The second-order valence-corrected chi connectivity index (χ2v) is 17.8. The number of aromatic hydroxyl groups is 1. The fourth-order valence-electron chi connectivity index (χ4n) is 10.3. The molecule has 13 heteroatoms. The van der Waals surface area contributed by atoms with Gasteiger partial charge in [-0.15, -0.1) is 11.3 Å². The minimum atomic E-state index is -1.38. The summed E-state index contributed by atoms with van der Waals surface area (Å²) in [7, 11) is 3.23. The van der Waals surface area contributed by atoms with Crippen LogP contribution in [0.15, 0.2) is 109 Å². The number of nitrogens with zero attached hydrogens (tertiary/aromatic N) is 4. The van der Waals surface area contributed by atoms with Gasteiger partial charge in [0, 0.05) is 45.7 Å². The lowest BCUT2D eigenvalue weighted by atomic mass is 9.51. The molecule has 3 fully saturated rings. The highest BCUT2D eigenvalue weighted by molar-refractivity contribution is 7.22. The first-order chi connectivity index (χ1) is 28.9. The quantitative estimate of drug-likeness (QED) is 0.120. The van der Waals surface area contributed by atoms with Crippen molar-refractivity contribution in [1.82, 2.24) is 9.78 Å². The van der Waals surface area contributed by atoms with Crippen LogP contribution < -0.4 is 19.9 Å². The molecule has 2 aliphatic heterocycles. The SMILES string of the molecule is COc1ccc(O)c(C2C3=CCC4C(=O)N(c5ccc(Nc6ccccc6)cc5)C(=O)C4C3CC3C(=O)N(c4cc(-c5sc6ccc(Cl)cc6c5C)nn4C)C(=O)C32C)c1. The number of halogens is 1. The van der Waals surface area contributed by atoms with Crippen LogP contribution >= 0.6 is 22.9 Å². The van der Waals surface area contributed by atoms with Crippen LogP contribution in [0.25, 0.3) is 20.7 Å². The lowest BCUT2D eigenvalue weighted by Gasteiger charge is -2.49. The second-order valence-electron chi connectivity index (χ2n) is 16.3. The van der Waals surface area contributed by atoms with Crippen molar-refractivity contribution in [2.75, 3.05) is 22.2 Å². The van der Waals surface area contributed by atoms with Crippen molar-refractivity contribution in [2.45, 2.75) is 32.6 Å². The number of aromatic nitrogens is 2. The van der Waals surface area contributed by atoms with Gasteiger partial charge in [0.05, 0.1) is 40.8 Å². The van der Waals surface area contributed by atoms with Gasteiger partial charge in [-0.25, -0.2) is 4.90 Å². The molecule has 6 aromatic rings. The number of carbonyl (C=O) groups excluding carboxylic acids is 4. The predicted molar refractivity (Wildman–Crippen MR) is 232 cm³/mol. The third-order valence-electron chi connectivity index (χ3n) is 13.2. The number of hydrogen-bond acceptors (Lipinski definition) is 9. The summed E-state index contributed by atoms with van der Waals surface area (Å²) >= 11 is 7.90. The Hall–Kier alpha value is -6.24. The minimum Gasteiger partial charge on any atom is -0.508 e. The van der Waals surface area contributed by atoms with E-state index in [1.165, 1.54) is 23.0 Å². The first-order valence-electron chi connectivity index (χ1n) is 19.9. The monoisotopic (exact) mass is 837 g/mol. The van der Waals surface area contributed by atoms with Crippen molar-refractivity contribution in [2.24, 2.45) is 36.1 Å². The van der Waals surface area contributed by atoms with E-state index in [-0.39, 0.29) is 30.4 Å². The molecule has 10 rings (SSSR count). The number of imide groups is 2. The molecule has 4 heterocycles. The topological polar surface area (TPSA) is 134 Å². The highest BCUT2D eigenvalue weighted by atomic mass is 35.5. The highest BCUT2D eigenvalue weighted by Crippen LogP contribution is 2.65. The van der Waals surface area contributed by atoms with Crippen molar-refractivity contribution in [3.8, 4) is 22.1 Å². The van der Waals surface area contributed by atoms with E-state index in [9.17, 15) is 14.7 Å². The fraction of sp³-hybridized carbons (Fsp3) is 0.255. The van der Waals surface area contributed by atoms with Gasteiger partial charge < -0.3 is 15.2 Å². The Morgan fingerprint density at radius 2 is 1.63 bits per heavy atom. The normalized spacial score (nSPS) is 24.8. The number of phenolic OH excluding ortho intramolecular Hbond substituents is 1. The lowest BCUT2D eigenvalue weighted by Crippen LogP contribution is -2.49. The van der Waals surface area contributed by atoms with Crippen LogP contribution in [0, 0.1) is 36.0 Å². The Bertz CT molecular complexity index is 2830. The first kappa shape index (κ1) is 38.0. The predicted octanol–water partition coefficient (Wildman–Crippen LogP) is 9.16. The van der Waals surface area contributed by atoms with Gasteiger partial charge in [-0.2, -0.15) is 5.10 Å². The molecule has 0 radical (unpaired) electrons. The molecule has 2 N–H and O–H groups in total. The molecule has 0 bridgehead atoms. The third kappa shape index (κ3) is 5.57. The summed E-state index contributed by atoms with van der Waals surface area (Å²) in [5.74, 6) is -4.47. The van der Waals surface area contributed by atoms with Crippen LogP contribution in [0.1, 0.15) is 36.8 Å². The van der Waals surface area contributed by atoms with E-state index in [0.717, 1.165) is 37.5 Å². The standard InChI is InChI=1S/C47H40ClN5O6S/c1-24-32-20-25(48)10-19-38(32)60-42(24)36-23-39(51(3)50-36)53-44(56)35-22-33-30(41(47(35,2)46(53)58)34-21-29(59-4)15-18-37(34)54)16-17-31-40(33)45(57)52(43(31)55)28-13-11-27(12-14-28)49-26-8-6-5-7-9-26/h5-16,18-21,23,31,33,35,40-41,49,54H,17,22H2,1-4H3. The zero-order chi connectivity index (χ0) is 41.8. The molecule has 4 aliphatic rings. The second kappa shape index (κ2) is 13.9. The van der Waals surface area contributed by atoms with Crippen LogP contribution in [0.5, 0.6) is 11.5 Å². The van der Waals surface area contributed by atoms with E-state index in [4.69, 9.17) is 21.4 Å². The summed E-state index contributed by atoms with van der Waals surface area (Å²) in [5.41, 5.74) is 3.58. The van der Waals surface area contributed by atoms with Crippen LogP contribution in [0.2, 0.25) is 5.02 Å². The van der Waals surface area contributed by atoms with Crippen molar-refractivity contribution < 1.29 is 29.0 Å². The number of methoxy groups -OCH3 is 1. The van der Waals surface area contributed by atoms with Gasteiger partial charge in [0.1, 0.15) is 23.0 Å². The van der Waals surface area contributed by atoms with Crippen LogP contribution in [0.4, 0.5) is 22.9 Å². The number of carbonyl (C=O) groups is 4. The number of ether oxygens (including phenoxy) is 1. The molecule has 2 saturated heterocycles. The van der Waals surface area contributed by atoms with Gasteiger partial charge in [0.2, 0.25) is 23.6 Å². The van der Waals surface area contributed by atoms with E-state index in [1.807, 2.05) is 73.7 Å². The first-order valence-corrected chi connectivity index (χ1v) is 21.1. The van der Waals surface area contributed by atoms with Gasteiger partial charge in [0.15, 0.2) is 0 Å². The van der Waals surface area contributed by atoms with Crippen molar-refractivity contribution in [3.05, 3.63) is 125 Å². The Morgan fingerprint density at radius 3 is 2.38 bits per heavy atom. The van der Waals surface area contributed by atoms with Gasteiger partial charge in [0.25, 0.3) is 0 Å². The number of fused-ring (bicyclic) bond motifs is 5. The molecular weight excluding hydrogens is 798 g/mol. The molecule has 4 aromatic carbocycles. The molecule has 2 aromatic heterocycles. The summed E-state index contributed by atoms with van der Waals surface area (Å²) in [6.45, 7) is 3.80. The van der Waals surface area contributed by atoms with Crippen LogP contribution in [0.3, 0.4) is 0 Å². The number of para-hydroxylation sites is 1. The average Bonchev–Trinajstić information content (AvgIpc) is 3.92. The number of amides is 4. The average molecular weight is 838 g/mol. The van der Waals surface area contributed by atoms with Crippen LogP contribution in [-0.4, -0.2) is 45.6 Å². The molecule has 1 saturated carbocycles. The Balaban J connectivity index is 1.04. The van der Waals surface area contributed by atoms with Crippen molar-refractivity contribution in [1.29, 1.82) is 0 Å². The number of nitrogens with one attached hydrogen (secondary N) is 1. The van der Waals surface area contributed by atoms with E-state index in [2.05, 4.69) is 5.32 Å². The zero-order valence-electron chi connectivity index (χ0n) is 33.2. The van der Waals surface area contributed by atoms with Gasteiger partial charge >= 0.3 is 0 Å². The Labute approximate surface area is 354 Å². The summed E-state index contributed by atoms with van der Waals surface area (Å²) in [5, 5.41) is 21.3. The van der Waals surface area contributed by atoms with E-state index < -0.39 is 46.8 Å². The van der Waals surface area contributed by atoms with Crippen molar-refractivity contribution in [3.63, 3.8) is 0 Å². The summed E-state index contributed by atoms with van der Waals surface area (Å²) in [6, 6.07) is 29.3. The minimum absolute atomic E-state index is 0.0639. The van der Waals surface area contributed by atoms with E-state index >= 15 is 9.59 Å². The summed E-state index contributed by atoms with van der Waals surface area (Å²) in [6.07, 6.45) is 2.40. The molecular formula is C47H40ClN5O6S. The largest absolute Gasteiger partial charge is 0.508 e. The maximum atomic E-state index is 15.2. The smallest absolute Gasteiger partial charge is 0.242 e. The number of allylic oxidation sites excluding steroid dienone is 2. The lowest BCUT2D eigenvalue weighted by molar-refractivity contribution is -0.131.